The van der Waals surface area contributed by atoms with Gasteiger partial charge in [0.25, 0.3) is 0 Å². The van der Waals surface area contributed by atoms with Crippen LogP contribution >= 0.6 is 0 Å². The van der Waals surface area contributed by atoms with Gasteiger partial charge in [0, 0.05) is 5.56 Å². The summed E-state index contributed by atoms with van der Waals surface area (Å²) < 4.78 is 21.7. The summed E-state index contributed by atoms with van der Waals surface area (Å²) in [6.45, 7) is 4.01. The Kier molecular flexibility index (Phi) is 5.41. The first kappa shape index (κ1) is 17.8. The highest BCUT2D eigenvalue weighted by Gasteiger charge is 2.31. The Balaban J connectivity index is 1.59. The van der Waals surface area contributed by atoms with Gasteiger partial charge < -0.3 is 18.9 Å². The molecule has 6 nitrogen and oxygen atoms in total. The molecule has 0 N–H and O–H groups in total. The Hall–Kier alpha value is -3.02. The SMILES string of the molecule is CCOc1ccc(C(=O)[C@@H](C)OC(=O)[C@@H]2COc3ccccc3O2)cc1. The fraction of sp³-hybridized carbons (Fsp3) is 0.300. The molecule has 136 valence electrons. The molecule has 0 fully saturated rings. The minimum atomic E-state index is -0.929. The van der Waals surface area contributed by atoms with Gasteiger partial charge in [-0.15, -0.1) is 0 Å². The molecule has 0 unspecified atom stereocenters. The molecule has 6 heteroatoms. The molecule has 26 heavy (non-hydrogen) atoms. The van der Waals surface area contributed by atoms with Crippen LogP contribution in [0.5, 0.6) is 17.2 Å². The molecule has 0 aromatic heterocycles. The molecule has 0 bridgehead atoms. The van der Waals surface area contributed by atoms with Crippen molar-refractivity contribution < 1.29 is 28.5 Å². The lowest BCUT2D eigenvalue weighted by atomic mass is 10.1. The maximum atomic E-state index is 12.4. The molecule has 2 atom stereocenters. The molecule has 0 spiro atoms. The average molecular weight is 356 g/mol. The molecule has 0 amide bonds. The quantitative estimate of drug-likeness (QED) is 0.585. The molecule has 3 rings (SSSR count). The molecular formula is C20H20O6. The first-order valence-corrected chi connectivity index (χ1v) is 8.44. The number of esters is 1. The van der Waals surface area contributed by atoms with E-state index >= 15 is 0 Å². The van der Waals surface area contributed by atoms with E-state index in [4.69, 9.17) is 18.9 Å². The van der Waals surface area contributed by atoms with E-state index in [0.29, 0.717) is 29.4 Å². The molecular weight excluding hydrogens is 336 g/mol. The van der Waals surface area contributed by atoms with Gasteiger partial charge in [-0.2, -0.15) is 0 Å². The third kappa shape index (κ3) is 3.96. The van der Waals surface area contributed by atoms with Crippen LogP contribution in [-0.4, -0.2) is 37.2 Å². The largest absolute Gasteiger partial charge is 0.494 e. The molecule has 0 saturated carbocycles. The third-order valence-corrected chi connectivity index (χ3v) is 3.88. The van der Waals surface area contributed by atoms with Gasteiger partial charge >= 0.3 is 5.97 Å². The van der Waals surface area contributed by atoms with E-state index in [1.54, 1.807) is 42.5 Å². The van der Waals surface area contributed by atoms with Gasteiger partial charge in [-0.3, -0.25) is 4.79 Å². The first-order valence-electron chi connectivity index (χ1n) is 8.44. The highest BCUT2D eigenvalue weighted by molar-refractivity contribution is 6.00. The number of ketones is 1. The lowest BCUT2D eigenvalue weighted by Gasteiger charge is -2.25. The van der Waals surface area contributed by atoms with Gasteiger partial charge in [0.2, 0.25) is 11.9 Å². The second-order valence-corrected chi connectivity index (χ2v) is 5.76. The Bertz CT molecular complexity index is 783. The monoisotopic (exact) mass is 356 g/mol. The maximum absolute atomic E-state index is 12.4. The van der Waals surface area contributed by atoms with Crippen molar-refractivity contribution in [3.05, 3.63) is 54.1 Å². The van der Waals surface area contributed by atoms with Gasteiger partial charge in [-0.1, -0.05) is 12.1 Å². The average Bonchev–Trinajstić information content (AvgIpc) is 2.67. The number of ether oxygens (including phenoxy) is 4. The van der Waals surface area contributed by atoms with Crippen LogP contribution in [0, 0.1) is 0 Å². The van der Waals surface area contributed by atoms with Gasteiger partial charge in [0.15, 0.2) is 17.6 Å². The van der Waals surface area contributed by atoms with Crippen molar-refractivity contribution in [3.63, 3.8) is 0 Å². The number of Topliss-reactive ketones (excluding diaryl/α,β-unsaturated/α-hetero) is 1. The minimum Gasteiger partial charge on any atom is -0.494 e. The van der Waals surface area contributed by atoms with E-state index in [-0.39, 0.29) is 12.4 Å². The van der Waals surface area contributed by atoms with Crippen LogP contribution in [0.15, 0.2) is 48.5 Å². The molecule has 1 heterocycles. The molecule has 0 radical (unpaired) electrons. The van der Waals surface area contributed by atoms with Crippen LogP contribution in [0.1, 0.15) is 24.2 Å². The Morgan fingerprint density at radius 1 is 1.12 bits per heavy atom. The Labute approximate surface area is 151 Å². The summed E-state index contributed by atoms with van der Waals surface area (Å²) in [6.07, 6.45) is -1.83. The standard InChI is InChI=1S/C20H20O6/c1-3-23-15-10-8-14(9-11-15)19(21)13(2)25-20(22)18-12-24-16-6-4-5-7-17(16)26-18/h4-11,13,18H,3,12H2,1-2H3/t13-,18+/m1/s1. The van der Waals surface area contributed by atoms with E-state index in [9.17, 15) is 9.59 Å². The number of para-hydroxylation sites is 2. The zero-order chi connectivity index (χ0) is 18.5. The van der Waals surface area contributed by atoms with Crippen molar-refractivity contribution >= 4 is 11.8 Å². The van der Waals surface area contributed by atoms with Crippen LogP contribution in [0.3, 0.4) is 0 Å². The smallest absolute Gasteiger partial charge is 0.351 e. The molecule has 0 aliphatic carbocycles. The van der Waals surface area contributed by atoms with Crippen molar-refractivity contribution in [3.8, 4) is 17.2 Å². The first-order chi connectivity index (χ1) is 12.6. The third-order valence-electron chi connectivity index (χ3n) is 3.88. The van der Waals surface area contributed by atoms with Crippen molar-refractivity contribution in [2.75, 3.05) is 13.2 Å². The van der Waals surface area contributed by atoms with Gasteiger partial charge in [0.05, 0.1) is 6.61 Å². The molecule has 2 aromatic carbocycles. The lowest BCUT2D eigenvalue weighted by molar-refractivity contribution is -0.157. The summed E-state index contributed by atoms with van der Waals surface area (Å²) in [7, 11) is 0. The number of hydrogen-bond acceptors (Lipinski definition) is 6. The summed E-state index contributed by atoms with van der Waals surface area (Å²) in [5.41, 5.74) is 0.444. The van der Waals surface area contributed by atoms with Crippen molar-refractivity contribution in [1.29, 1.82) is 0 Å². The van der Waals surface area contributed by atoms with E-state index in [0.717, 1.165) is 0 Å². The Morgan fingerprint density at radius 3 is 2.50 bits per heavy atom. The number of hydrogen-bond donors (Lipinski definition) is 0. The van der Waals surface area contributed by atoms with Gasteiger partial charge in [-0.25, -0.2) is 4.79 Å². The summed E-state index contributed by atoms with van der Waals surface area (Å²) in [5.74, 6) is 0.811. The topological polar surface area (TPSA) is 71.1 Å². The normalized spacial score (nSPS) is 16.5. The predicted molar refractivity (Wildman–Crippen MR) is 93.8 cm³/mol. The number of benzene rings is 2. The molecule has 0 saturated heterocycles. The summed E-state index contributed by atoms with van der Waals surface area (Å²) >= 11 is 0. The van der Waals surface area contributed by atoms with Crippen LogP contribution in [0.2, 0.25) is 0 Å². The van der Waals surface area contributed by atoms with Crippen molar-refractivity contribution in [2.24, 2.45) is 0 Å². The van der Waals surface area contributed by atoms with Crippen LogP contribution in [0.4, 0.5) is 0 Å². The van der Waals surface area contributed by atoms with Crippen LogP contribution < -0.4 is 14.2 Å². The molecule has 1 aliphatic heterocycles. The Morgan fingerprint density at radius 2 is 1.81 bits per heavy atom. The zero-order valence-electron chi connectivity index (χ0n) is 14.6. The van der Waals surface area contributed by atoms with Crippen LogP contribution in [-0.2, 0) is 9.53 Å². The van der Waals surface area contributed by atoms with E-state index in [1.807, 2.05) is 13.0 Å². The molecule has 1 aliphatic rings. The van der Waals surface area contributed by atoms with E-state index in [2.05, 4.69) is 0 Å². The highest BCUT2D eigenvalue weighted by atomic mass is 16.6. The van der Waals surface area contributed by atoms with Gasteiger partial charge in [0.1, 0.15) is 12.4 Å². The fourth-order valence-corrected chi connectivity index (χ4v) is 2.56. The molecule has 2 aromatic rings. The summed E-state index contributed by atoms with van der Waals surface area (Å²) in [6, 6.07) is 13.8. The number of carbonyl (C=O) groups is 2. The second kappa shape index (κ2) is 7.91. The van der Waals surface area contributed by atoms with Gasteiger partial charge in [-0.05, 0) is 50.2 Å². The number of rotatable bonds is 6. The zero-order valence-corrected chi connectivity index (χ0v) is 14.6. The lowest BCUT2D eigenvalue weighted by Crippen LogP contribution is -2.40. The number of carbonyl (C=O) groups excluding carboxylic acids is 2. The fourth-order valence-electron chi connectivity index (χ4n) is 2.56. The predicted octanol–water partition coefficient (Wildman–Crippen LogP) is 3.04. The van der Waals surface area contributed by atoms with E-state index in [1.165, 1.54) is 6.92 Å². The number of fused-ring (bicyclic) bond motifs is 1. The van der Waals surface area contributed by atoms with E-state index < -0.39 is 18.2 Å². The summed E-state index contributed by atoms with van der Waals surface area (Å²) in [4.78, 5) is 24.7. The van der Waals surface area contributed by atoms with Crippen molar-refractivity contribution in [2.45, 2.75) is 26.1 Å². The minimum absolute atomic E-state index is 0.0415. The van der Waals surface area contributed by atoms with Crippen LogP contribution in [0.25, 0.3) is 0 Å². The highest BCUT2D eigenvalue weighted by Crippen LogP contribution is 2.31. The second-order valence-electron chi connectivity index (χ2n) is 5.76. The maximum Gasteiger partial charge on any atom is 0.351 e. The van der Waals surface area contributed by atoms with Crippen molar-refractivity contribution in [1.82, 2.24) is 0 Å². The summed E-state index contributed by atoms with van der Waals surface area (Å²) in [5, 5.41) is 0.